The summed E-state index contributed by atoms with van der Waals surface area (Å²) in [4.78, 5) is 14.2. The number of likely N-dealkylation sites (tertiary alicyclic amines) is 1. The topological polar surface area (TPSA) is 65.5 Å². The quantitative estimate of drug-likeness (QED) is 0.903. The minimum Gasteiger partial charge on any atom is -0.388 e. The van der Waals surface area contributed by atoms with Gasteiger partial charge in [0.25, 0.3) is 0 Å². The molecule has 2 amide bonds. The number of urea groups is 1. The second-order valence-electron chi connectivity index (χ2n) is 6.38. The van der Waals surface area contributed by atoms with Crippen LogP contribution in [-0.4, -0.2) is 38.6 Å². The molecule has 1 aromatic carbocycles. The zero-order valence-electron chi connectivity index (χ0n) is 13.3. The largest absolute Gasteiger partial charge is 0.388 e. The Morgan fingerprint density at radius 1 is 1.39 bits per heavy atom. The maximum absolute atomic E-state index is 12.5. The molecule has 1 aliphatic rings. The average molecular weight is 331 g/mol. The molecule has 0 spiro atoms. The Labute approximate surface area is 140 Å². The Bertz CT molecular complexity index is 679. The first kappa shape index (κ1) is 16.0. The minimum absolute atomic E-state index is 0.149. The lowest BCUT2D eigenvalue weighted by Gasteiger charge is -2.33. The Hall–Kier alpha value is -1.92. The molecule has 1 aliphatic heterocycles. The van der Waals surface area contributed by atoms with Crippen molar-refractivity contribution >= 4 is 22.6 Å². The van der Waals surface area contributed by atoms with Crippen molar-refractivity contribution in [3.63, 3.8) is 0 Å². The van der Waals surface area contributed by atoms with E-state index >= 15 is 0 Å². The Balaban J connectivity index is 1.70. The molecule has 0 aliphatic carbocycles. The number of nitrogens with one attached hydrogen (secondary N) is 1. The highest BCUT2D eigenvalue weighted by Crippen LogP contribution is 2.29. The summed E-state index contributed by atoms with van der Waals surface area (Å²) in [5.41, 5.74) is 0.989. The summed E-state index contributed by atoms with van der Waals surface area (Å²) >= 11 is 1.27. The number of carbonyl (C=O) groups excluding carboxylic acids is 1. The van der Waals surface area contributed by atoms with Crippen LogP contribution in [-0.2, 0) is 0 Å². The minimum atomic E-state index is -0.892. The van der Waals surface area contributed by atoms with Crippen molar-refractivity contribution in [3.8, 4) is 11.3 Å². The van der Waals surface area contributed by atoms with Gasteiger partial charge in [0.05, 0.1) is 17.3 Å². The van der Waals surface area contributed by atoms with E-state index in [-0.39, 0.29) is 12.1 Å². The fraction of sp³-hybridized carbons (Fsp3) is 0.412. The van der Waals surface area contributed by atoms with Crippen LogP contribution in [0, 0.1) is 0 Å². The first-order valence-electron chi connectivity index (χ1n) is 7.77. The molecular weight excluding hydrogens is 310 g/mol. The fourth-order valence-electron chi connectivity index (χ4n) is 3.00. The molecule has 1 fully saturated rings. The smallest absolute Gasteiger partial charge is 0.322 e. The second-order valence-corrected chi connectivity index (χ2v) is 7.18. The Morgan fingerprint density at radius 3 is 2.83 bits per heavy atom. The maximum Gasteiger partial charge on any atom is 0.322 e. The molecule has 2 aromatic rings. The number of hydrogen-bond donors (Lipinski definition) is 2. The van der Waals surface area contributed by atoms with Gasteiger partial charge in [0.2, 0.25) is 0 Å². The molecule has 0 radical (unpaired) electrons. The predicted octanol–water partition coefficient (Wildman–Crippen LogP) is 3.58. The third-order valence-corrected chi connectivity index (χ3v) is 4.84. The number of rotatable bonds is 3. The van der Waals surface area contributed by atoms with E-state index < -0.39 is 5.60 Å². The number of aliphatic hydroxyl groups is 1. The van der Waals surface area contributed by atoms with Gasteiger partial charge in [0.15, 0.2) is 0 Å². The first-order valence-corrected chi connectivity index (χ1v) is 8.54. The van der Waals surface area contributed by atoms with Crippen molar-refractivity contribution in [2.75, 3.05) is 11.9 Å². The number of anilines is 1. The standard InChI is InChI=1S/C17H21N3O2S/c1-17(2,22)14-9-6-10-20(14)16(21)18-15-11-13(19-23-15)12-7-4-3-5-8-12/h3-5,7-8,11,14,22H,6,9-10H2,1-2H3,(H,18,21). The van der Waals surface area contributed by atoms with E-state index in [4.69, 9.17) is 0 Å². The summed E-state index contributed by atoms with van der Waals surface area (Å²) in [6.45, 7) is 4.18. The summed E-state index contributed by atoms with van der Waals surface area (Å²) in [7, 11) is 0. The number of hydrogen-bond acceptors (Lipinski definition) is 4. The van der Waals surface area contributed by atoms with Gasteiger partial charge in [-0.05, 0) is 38.2 Å². The molecule has 3 rings (SSSR count). The van der Waals surface area contributed by atoms with Gasteiger partial charge in [0, 0.05) is 18.2 Å². The SMILES string of the molecule is CC(C)(O)C1CCCN1C(=O)Nc1cc(-c2ccccc2)ns1. The number of aromatic nitrogens is 1. The van der Waals surface area contributed by atoms with Gasteiger partial charge >= 0.3 is 6.03 Å². The van der Waals surface area contributed by atoms with E-state index in [1.807, 2.05) is 36.4 Å². The zero-order chi connectivity index (χ0) is 16.4. The lowest BCUT2D eigenvalue weighted by Crippen LogP contribution is -2.49. The van der Waals surface area contributed by atoms with Crippen molar-refractivity contribution in [3.05, 3.63) is 36.4 Å². The average Bonchev–Trinajstić information content (AvgIpc) is 3.16. The van der Waals surface area contributed by atoms with Gasteiger partial charge < -0.3 is 10.0 Å². The molecule has 2 N–H and O–H groups in total. The van der Waals surface area contributed by atoms with Crippen LogP contribution >= 0.6 is 11.5 Å². The maximum atomic E-state index is 12.5. The van der Waals surface area contributed by atoms with Crippen molar-refractivity contribution in [1.29, 1.82) is 0 Å². The lowest BCUT2D eigenvalue weighted by molar-refractivity contribution is 0.0117. The van der Waals surface area contributed by atoms with E-state index in [1.165, 1.54) is 11.5 Å². The molecule has 23 heavy (non-hydrogen) atoms. The molecule has 0 bridgehead atoms. The normalized spacial score (nSPS) is 18.2. The summed E-state index contributed by atoms with van der Waals surface area (Å²) < 4.78 is 4.39. The monoisotopic (exact) mass is 331 g/mol. The molecule has 1 unspecified atom stereocenters. The summed E-state index contributed by atoms with van der Waals surface area (Å²) in [6.07, 6.45) is 1.74. The van der Waals surface area contributed by atoms with E-state index in [0.29, 0.717) is 6.54 Å². The van der Waals surface area contributed by atoms with E-state index in [9.17, 15) is 9.90 Å². The zero-order valence-corrected chi connectivity index (χ0v) is 14.1. The molecule has 0 saturated carbocycles. The lowest BCUT2D eigenvalue weighted by atomic mass is 9.97. The number of nitrogens with zero attached hydrogens (tertiary/aromatic N) is 2. The van der Waals surface area contributed by atoms with Gasteiger partial charge in [-0.15, -0.1) is 0 Å². The molecule has 5 nitrogen and oxygen atoms in total. The van der Waals surface area contributed by atoms with Crippen molar-refractivity contribution in [2.45, 2.75) is 38.3 Å². The molecule has 1 saturated heterocycles. The van der Waals surface area contributed by atoms with Crippen LogP contribution in [0.1, 0.15) is 26.7 Å². The van der Waals surface area contributed by atoms with Crippen molar-refractivity contribution in [2.24, 2.45) is 0 Å². The van der Waals surface area contributed by atoms with Crippen LogP contribution in [0.15, 0.2) is 36.4 Å². The second kappa shape index (κ2) is 6.29. The fourth-order valence-corrected chi connectivity index (χ4v) is 3.65. The van der Waals surface area contributed by atoms with E-state index in [0.717, 1.165) is 29.1 Å². The molecular formula is C17H21N3O2S. The van der Waals surface area contributed by atoms with E-state index in [1.54, 1.807) is 18.7 Å². The Morgan fingerprint density at radius 2 is 2.13 bits per heavy atom. The van der Waals surface area contributed by atoms with Gasteiger partial charge in [0.1, 0.15) is 5.00 Å². The molecule has 6 heteroatoms. The van der Waals surface area contributed by atoms with Crippen LogP contribution in [0.3, 0.4) is 0 Å². The number of benzene rings is 1. The van der Waals surface area contributed by atoms with Gasteiger partial charge in [-0.25, -0.2) is 4.79 Å². The van der Waals surface area contributed by atoms with Crippen molar-refractivity contribution in [1.82, 2.24) is 9.27 Å². The summed E-state index contributed by atoms with van der Waals surface area (Å²) in [5.74, 6) is 0. The molecule has 122 valence electrons. The van der Waals surface area contributed by atoms with Gasteiger partial charge in [-0.1, -0.05) is 30.3 Å². The third kappa shape index (κ3) is 3.54. The highest BCUT2D eigenvalue weighted by atomic mass is 32.1. The first-order chi connectivity index (χ1) is 10.9. The highest BCUT2D eigenvalue weighted by Gasteiger charge is 2.38. The highest BCUT2D eigenvalue weighted by molar-refractivity contribution is 7.10. The molecule has 2 heterocycles. The summed E-state index contributed by atoms with van der Waals surface area (Å²) in [6, 6.07) is 11.4. The van der Waals surface area contributed by atoms with Crippen LogP contribution in [0.25, 0.3) is 11.3 Å². The van der Waals surface area contributed by atoms with Crippen LogP contribution in [0.4, 0.5) is 9.80 Å². The molecule has 1 atom stereocenters. The molecule has 1 aromatic heterocycles. The van der Waals surface area contributed by atoms with Crippen LogP contribution in [0.2, 0.25) is 0 Å². The van der Waals surface area contributed by atoms with Crippen LogP contribution in [0.5, 0.6) is 0 Å². The van der Waals surface area contributed by atoms with Crippen LogP contribution < -0.4 is 5.32 Å². The number of carbonyl (C=O) groups is 1. The van der Waals surface area contributed by atoms with Crippen molar-refractivity contribution < 1.29 is 9.90 Å². The summed E-state index contributed by atoms with van der Waals surface area (Å²) in [5, 5.41) is 13.8. The third-order valence-electron chi connectivity index (χ3n) is 4.14. The van der Waals surface area contributed by atoms with E-state index in [2.05, 4.69) is 9.69 Å². The predicted molar refractivity (Wildman–Crippen MR) is 92.6 cm³/mol. The Kier molecular flexibility index (Phi) is 4.37. The van der Waals surface area contributed by atoms with Gasteiger partial charge in [-0.2, -0.15) is 4.37 Å². The number of amides is 2. The van der Waals surface area contributed by atoms with Gasteiger partial charge in [-0.3, -0.25) is 5.32 Å².